The standard InChI is InChI=1S/C18H27N3OS/c1-14-5-4-8-21(10-14)11-16-7-3-2-6-15(16)9-19-18(22)17-12-23-13-20-17/h2-3,6-7,14,17,20H,4-5,8-13H2,1H3,(H,19,22). The predicted molar refractivity (Wildman–Crippen MR) is 96.2 cm³/mol. The van der Waals surface area contributed by atoms with Gasteiger partial charge in [-0.2, -0.15) is 0 Å². The lowest BCUT2D eigenvalue weighted by atomic mass is 9.99. The van der Waals surface area contributed by atoms with Gasteiger partial charge in [-0.25, -0.2) is 0 Å². The van der Waals surface area contributed by atoms with E-state index in [0.717, 1.165) is 24.1 Å². The Morgan fingerprint density at radius 3 is 2.96 bits per heavy atom. The van der Waals surface area contributed by atoms with E-state index in [0.29, 0.717) is 6.54 Å². The minimum atomic E-state index is -0.0323. The van der Waals surface area contributed by atoms with Gasteiger partial charge in [0.15, 0.2) is 0 Å². The fourth-order valence-corrected chi connectivity index (χ4v) is 4.37. The molecule has 0 aliphatic carbocycles. The number of amides is 1. The molecule has 2 heterocycles. The summed E-state index contributed by atoms with van der Waals surface area (Å²) < 4.78 is 0. The highest BCUT2D eigenvalue weighted by Crippen LogP contribution is 2.19. The molecule has 0 radical (unpaired) electrons. The van der Waals surface area contributed by atoms with E-state index in [9.17, 15) is 4.79 Å². The molecule has 0 spiro atoms. The Kier molecular flexibility index (Phi) is 5.97. The highest BCUT2D eigenvalue weighted by Gasteiger charge is 2.22. The van der Waals surface area contributed by atoms with Crippen molar-refractivity contribution >= 4 is 17.7 Å². The second-order valence-electron chi connectivity index (χ2n) is 6.74. The first-order chi connectivity index (χ1) is 11.2. The Morgan fingerprint density at radius 1 is 1.39 bits per heavy atom. The summed E-state index contributed by atoms with van der Waals surface area (Å²) in [6.45, 7) is 6.33. The molecule has 4 nitrogen and oxygen atoms in total. The molecule has 1 aromatic rings. The molecule has 126 valence electrons. The normalized spacial score (nSPS) is 25.4. The minimum absolute atomic E-state index is 0.0323. The van der Waals surface area contributed by atoms with Gasteiger partial charge in [-0.15, -0.1) is 11.8 Å². The van der Waals surface area contributed by atoms with Gasteiger partial charge in [0.25, 0.3) is 0 Å². The Hall–Kier alpha value is -1.04. The van der Waals surface area contributed by atoms with Crippen LogP contribution in [0.3, 0.4) is 0 Å². The second kappa shape index (κ2) is 8.18. The molecule has 2 unspecified atom stereocenters. The third kappa shape index (κ3) is 4.72. The fraction of sp³-hybridized carbons (Fsp3) is 0.611. The number of carbonyl (C=O) groups is 1. The summed E-state index contributed by atoms with van der Waals surface area (Å²) in [5.74, 6) is 2.67. The molecule has 2 N–H and O–H groups in total. The molecule has 3 rings (SSSR count). The number of thioether (sulfide) groups is 1. The first-order valence-corrected chi connectivity index (χ1v) is 9.76. The Balaban J connectivity index is 1.57. The summed E-state index contributed by atoms with van der Waals surface area (Å²) in [5.41, 5.74) is 2.58. The molecule has 0 saturated carbocycles. The summed E-state index contributed by atoms with van der Waals surface area (Å²) >= 11 is 1.78. The summed E-state index contributed by atoms with van der Waals surface area (Å²) in [5, 5.41) is 6.31. The molecule has 0 bridgehead atoms. The lowest BCUT2D eigenvalue weighted by molar-refractivity contribution is -0.122. The van der Waals surface area contributed by atoms with Crippen LogP contribution >= 0.6 is 11.8 Å². The quantitative estimate of drug-likeness (QED) is 0.867. The number of hydrogen-bond acceptors (Lipinski definition) is 4. The summed E-state index contributed by atoms with van der Waals surface area (Å²) in [4.78, 5) is 14.7. The maximum absolute atomic E-state index is 12.2. The molecule has 2 saturated heterocycles. The molecular weight excluding hydrogens is 306 g/mol. The maximum Gasteiger partial charge on any atom is 0.238 e. The summed E-state index contributed by atoms with van der Waals surface area (Å²) in [6.07, 6.45) is 2.64. The molecule has 23 heavy (non-hydrogen) atoms. The second-order valence-corrected chi connectivity index (χ2v) is 7.77. The summed E-state index contributed by atoms with van der Waals surface area (Å²) in [6, 6.07) is 8.47. The van der Waals surface area contributed by atoms with E-state index in [1.165, 1.54) is 37.1 Å². The molecule has 2 atom stereocenters. The number of piperidine rings is 1. The maximum atomic E-state index is 12.2. The van der Waals surface area contributed by atoms with Crippen molar-refractivity contribution in [3.8, 4) is 0 Å². The van der Waals surface area contributed by atoms with E-state index in [2.05, 4.69) is 46.7 Å². The van der Waals surface area contributed by atoms with Crippen molar-refractivity contribution in [1.29, 1.82) is 0 Å². The number of carbonyl (C=O) groups excluding carboxylic acids is 1. The van der Waals surface area contributed by atoms with Crippen LogP contribution in [0.4, 0.5) is 0 Å². The van der Waals surface area contributed by atoms with Crippen LogP contribution in [0.25, 0.3) is 0 Å². The zero-order valence-electron chi connectivity index (χ0n) is 13.9. The number of likely N-dealkylation sites (tertiary alicyclic amines) is 1. The fourth-order valence-electron chi connectivity index (χ4n) is 3.42. The number of rotatable bonds is 5. The van der Waals surface area contributed by atoms with Crippen LogP contribution in [0.15, 0.2) is 24.3 Å². The number of nitrogens with one attached hydrogen (secondary N) is 2. The van der Waals surface area contributed by atoms with Gasteiger partial charge in [-0.05, 0) is 36.4 Å². The molecular formula is C18H27N3OS. The van der Waals surface area contributed by atoms with Gasteiger partial charge in [0.1, 0.15) is 0 Å². The van der Waals surface area contributed by atoms with Gasteiger partial charge in [0, 0.05) is 31.3 Å². The van der Waals surface area contributed by atoms with Crippen molar-refractivity contribution < 1.29 is 4.79 Å². The topological polar surface area (TPSA) is 44.4 Å². The third-order valence-corrected chi connectivity index (χ3v) is 5.68. The summed E-state index contributed by atoms with van der Waals surface area (Å²) in [7, 11) is 0. The van der Waals surface area contributed by atoms with Crippen LogP contribution < -0.4 is 10.6 Å². The number of benzene rings is 1. The SMILES string of the molecule is CC1CCCN(Cc2ccccc2CNC(=O)C2CSCN2)C1. The predicted octanol–water partition coefficient (Wildman–Crippen LogP) is 2.20. The van der Waals surface area contributed by atoms with Gasteiger partial charge < -0.3 is 5.32 Å². The lowest BCUT2D eigenvalue weighted by Crippen LogP contribution is -2.41. The van der Waals surface area contributed by atoms with Crippen molar-refractivity contribution in [2.75, 3.05) is 24.7 Å². The Labute approximate surface area is 143 Å². The average molecular weight is 334 g/mol. The molecule has 5 heteroatoms. The van der Waals surface area contributed by atoms with E-state index >= 15 is 0 Å². The highest BCUT2D eigenvalue weighted by atomic mass is 32.2. The van der Waals surface area contributed by atoms with E-state index in [4.69, 9.17) is 0 Å². The zero-order chi connectivity index (χ0) is 16.1. The van der Waals surface area contributed by atoms with E-state index < -0.39 is 0 Å². The highest BCUT2D eigenvalue weighted by molar-refractivity contribution is 7.99. The molecule has 2 fully saturated rings. The third-order valence-electron chi connectivity index (χ3n) is 4.74. The molecule has 2 aliphatic heterocycles. The minimum Gasteiger partial charge on any atom is -0.351 e. The molecule has 2 aliphatic rings. The number of hydrogen-bond donors (Lipinski definition) is 2. The monoisotopic (exact) mass is 333 g/mol. The van der Waals surface area contributed by atoms with E-state index in [-0.39, 0.29) is 11.9 Å². The first-order valence-electron chi connectivity index (χ1n) is 8.60. The van der Waals surface area contributed by atoms with Crippen molar-refractivity contribution in [2.45, 2.75) is 38.9 Å². The molecule has 1 aromatic carbocycles. The van der Waals surface area contributed by atoms with E-state index in [1.54, 1.807) is 11.8 Å². The van der Waals surface area contributed by atoms with Crippen molar-refractivity contribution in [2.24, 2.45) is 5.92 Å². The lowest BCUT2D eigenvalue weighted by Gasteiger charge is -2.31. The van der Waals surface area contributed by atoms with Gasteiger partial charge in [0.05, 0.1) is 6.04 Å². The van der Waals surface area contributed by atoms with Crippen LogP contribution in [-0.2, 0) is 17.9 Å². The van der Waals surface area contributed by atoms with Crippen molar-refractivity contribution in [3.63, 3.8) is 0 Å². The van der Waals surface area contributed by atoms with Crippen LogP contribution in [0.2, 0.25) is 0 Å². The smallest absolute Gasteiger partial charge is 0.238 e. The van der Waals surface area contributed by atoms with Crippen molar-refractivity contribution in [1.82, 2.24) is 15.5 Å². The van der Waals surface area contributed by atoms with Gasteiger partial charge in [0.2, 0.25) is 5.91 Å². The van der Waals surface area contributed by atoms with Crippen LogP contribution in [0.5, 0.6) is 0 Å². The van der Waals surface area contributed by atoms with Crippen LogP contribution in [0.1, 0.15) is 30.9 Å². The first kappa shape index (κ1) is 16.8. The molecule has 0 aromatic heterocycles. The number of nitrogens with zero attached hydrogens (tertiary/aromatic N) is 1. The van der Waals surface area contributed by atoms with E-state index in [1.807, 2.05) is 0 Å². The van der Waals surface area contributed by atoms with Crippen molar-refractivity contribution in [3.05, 3.63) is 35.4 Å². The largest absolute Gasteiger partial charge is 0.351 e. The van der Waals surface area contributed by atoms with Gasteiger partial charge in [-0.1, -0.05) is 31.2 Å². The zero-order valence-corrected chi connectivity index (χ0v) is 14.7. The Bertz CT molecular complexity index is 531. The van der Waals surface area contributed by atoms with Crippen LogP contribution in [-0.4, -0.2) is 41.6 Å². The van der Waals surface area contributed by atoms with Gasteiger partial charge in [-0.3, -0.25) is 15.0 Å². The van der Waals surface area contributed by atoms with Crippen LogP contribution in [0, 0.1) is 5.92 Å². The Morgan fingerprint density at radius 2 is 2.22 bits per heavy atom. The average Bonchev–Trinajstić information content (AvgIpc) is 3.08. The van der Waals surface area contributed by atoms with Gasteiger partial charge >= 0.3 is 0 Å². The molecule has 1 amide bonds.